The van der Waals surface area contributed by atoms with Crippen LogP contribution in [-0.4, -0.2) is 47.3 Å². The molecular weight excluding hydrogens is 304 g/mol. The highest BCUT2D eigenvalue weighted by atomic mass is 32.2. The number of primary sulfonamides is 1. The van der Waals surface area contributed by atoms with E-state index in [0.29, 0.717) is 19.4 Å². The number of likely N-dealkylation sites (tertiary alicyclic amines) is 1. The van der Waals surface area contributed by atoms with Crippen LogP contribution in [0.3, 0.4) is 0 Å². The minimum Gasteiger partial charge on any atom is -0.340 e. The number of nitrogens with zero attached hydrogens (tertiary/aromatic N) is 3. The summed E-state index contributed by atoms with van der Waals surface area (Å²) in [5, 5.41) is 9.84. The molecule has 1 aliphatic rings. The summed E-state index contributed by atoms with van der Waals surface area (Å²) in [4.78, 5) is 13.9. The SMILES string of the molecule is NS(=O)(=O)C1CCCN(C(=O)Cn2cc3ccccc3n2)C1. The lowest BCUT2D eigenvalue weighted by Crippen LogP contribution is -2.47. The molecular formula is C14H18N4O3S. The average molecular weight is 322 g/mol. The molecule has 22 heavy (non-hydrogen) atoms. The molecule has 0 bridgehead atoms. The van der Waals surface area contributed by atoms with Gasteiger partial charge in [-0.15, -0.1) is 0 Å². The van der Waals surface area contributed by atoms with Crippen LogP contribution in [0.1, 0.15) is 12.8 Å². The Balaban J connectivity index is 1.71. The third kappa shape index (κ3) is 3.12. The molecule has 1 aliphatic heterocycles. The first-order valence-electron chi connectivity index (χ1n) is 7.15. The number of fused-ring (bicyclic) bond motifs is 1. The van der Waals surface area contributed by atoms with Crippen LogP contribution in [0.25, 0.3) is 10.9 Å². The molecule has 1 saturated heterocycles. The van der Waals surface area contributed by atoms with Crippen LogP contribution in [0.15, 0.2) is 30.5 Å². The Hall–Kier alpha value is -1.93. The zero-order valence-electron chi connectivity index (χ0n) is 12.1. The standard InChI is InChI=1S/C14H18N4O3S/c15-22(20,21)12-5-3-7-17(9-12)14(19)10-18-8-11-4-1-2-6-13(11)16-18/h1-2,4,6,8,12H,3,5,7,9-10H2,(H2,15,20,21). The molecule has 1 fully saturated rings. The lowest BCUT2D eigenvalue weighted by molar-refractivity contribution is -0.132. The zero-order chi connectivity index (χ0) is 15.7. The van der Waals surface area contributed by atoms with E-state index in [0.717, 1.165) is 10.9 Å². The molecule has 7 nitrogen and oxygen atoms in total. The fourth-order valence-corrected chi connectivity index (χ4v) is 3.65. The van der Waals surface area contributed by atoms with Crippen LogP contribution < -0.4 is 5.14 Å². The molecule has 0 saturated carbocycles. The monoisotopic (exact) mass is 322 g/mol. The number of piperidine rings is 1. The number of sulfonamides is 1. The number of carbonyl (C=O) groups is 1. The van der Waals surface area contributed by atoms with E-state index < -0.39 is 15.3 Å². The van der Waals surface area contributed by atoms with Crippen molar-refractivity contribution in [3.8, 4) is 0 Å². The van der Waals surface area contributed by atoms with Gasteiger partial charge in [0.15, 0.2) is 0 Å². The first-order valence-corrected chi connectivity index (χ1v) is 8.76. The first kappa shape index (κ1) is 15.0. The molecule has 0 spiro atoms. The van der Waals surface area contributed by atoms with Crippen molar-refractivity contribution in [2.45, 2.75) is 24.6 Å². The van der Waals surface area contributed by atoms with Crippen LogP contribution in [0.4, 0.5) is 0 Å². The molecule has 1 aromatic heterocycles. The van der Waals surface area contributed by atoms with Crippen molar-refractivity contribution >= 4 is 26.8 Å². The molecule has 2 aromatic rings. The second kappa shape index (κ2) is 5.69. The summed E-state index contributed by atoms with van der Waals surface area (Å²) in [5.74, 6) is -0.138. The number of hydrogen-bond donors (Lipinski definition) is 1. The van der Waals surface area contributed by atoms with Crippen molar-refractivity contribution in [1.29, 1.82) is 0 Å². The number of aromatic nitrogens is 2. The van der Waals surface area contributed by atoms with Gasteiger partial charge < -0.3 is 4.90 Å². The van der Waals surface area contributed by atoms with Gasteiger partial charge in [-0.25, -0.2) is 13.6 Å². The molecule has 3 rings (SSSR count). The Kier molecular flexibility index (Phi) is 3.88. The quantitative estimate of drug-likeness (QED) is 0.879. The molecule has 1 unspecified atom stereocenters. The summed E-state index contributed by atoms with van der Waals surface area (Å²) in [6.07, 6.45) is 2.97. The third-order valence-corrected chi connectivity index (χ3v) is 5.27. The van der Waals surface area contributed by atoms with Gasteiger partial charge in [-0.05, 0) is 18.9 Å². The molecule has 118 valence electrons. The van der Waals surface area contributed by atoms with E-state index in [1.165, 1.54) is 0 Å². The fourth-order valence-electron chi connectivity index (χ4n) is 2.77. The Morgan fingerprint density at radius 3 is 2.86 bits per heavy atom. The molecule has 8 heteroatoms. The van der Waals surface area contributed by atoms with E-state index in [4.69, 9.17) is 5.14 Å². The van der Waals surface area contributed by atoms with Crippen LogP contribution in [0.5, 0.6) is 0 Å². The average Bonchev–Trinajstić information content (AvgIpc) is 2.88. The highest BCUT2D eigenvalue weighted by Crippen LogP contribution is 2.16. The lowest BCUT2D eigenvalue weighted by atomic mass is 10.1. The van der Waals surface area contributed by atoms with Crippen LogP contribution in [0.2, 0.25) is 0 Å². The second-order valence-corrected chi connectivity index (χ2v) is 7.42. The van der Waals surface area contributed by atoms with Gasteiger partial charge in [-0.3, -0.25) is 9.48 Å². The van der Waals surface area contributed by atoms with Gasteiger partial charge in [0.2, 0.25) is 15.9 Å². The Labute approximate surface area is 128 Å². The molecule has 0 aliphatic carbocycles. The summed E-state index contributed by atoms with van der Waals surface area (Å²) < 4.78 is 24.5. The van der Waals surface area contributed by atoms with Crippen molar-refractivity contribution < 1.29 is 13.2 Å². The molecule has 2 N–H and O–H groups in total. The Morgan fingerprint density at radius 2 is 2.14 bits per heavy atom. The van der Waals surface area contributed by atoms with Gasteiger partial charge in [0.1, 0.15) is 6.54 Å². The molecule has 2 heterocycles. The van der Waals surface area contributed by atoms with E-state index in [1.54, 1.807) is 9.58 Å². The van der Waals surface area contributed by atoms with Crippen LogP contribution >= 0.6 is 0 Å². The van der Waals surface area contributed by atoms with Gasteiger partial charge in [0.25, 0.3) is 0 Å². The second-order valence-electron chi connectivity index (χ2n) is 5.58. The van der Waals surface area contributed by atoms with E-state index >= 15 is 0 Å². The summed E-state index contributed by atoms with van der Waals surface area (Å²) in [6.45, 7) is 0.829. The predicted molar refractivity (Wildman–Crippen MR) is 82.4 cm³/mol. The van der Waals surface area contributed by atoms with Crippen molar-refractivity contribution in [3.63, 3.8) is 0 Å². The molecule has 1 aromatic carbocycles. The predicted octanol–water partition coefficient (Wildman–Crippen LogP) is 0.316. The normalized spacial score (nSPS) is 19.5. The van der Waals surface area contributed by atoms with Crippen LogP contribution in [-0.2, 0) is 21.4 Å². The van der Waals surface area contributed by atoms with Gasteiger partial charge in [-0.2, -0.15) is 5.10 Å². The number of amides is 1. The van der Waals surface area contributed by atoms with Crippen molar-refractivity contribution in [1.82, 2.24) is 14.7 Å². The van der Waals surface area contributed by atoms with Gasteiger partial charge >= 0.3 is 0 Å². The van der Waals surface area contributed by atoms with E-state index in [-0.39, 0.29) is 19.0 Å². The molecule has 1 atom stereocenters. The van der Waals surface area contributed by atoms with Gasteiger partial charge in [0, 0.05) is 24.7 Å². The molecule has 1 amide bonds. The van der Waals surface area contributed by atoms with E-state index in [9.17, 15) is 13.2 Å². The number of rotatable bonds is 3. The topological polar surface area (TPSA) is 98.3 Å². The highest BCUT2D eigenvalue weighted by Gasteiger charge is 2.30. The largest absolute Gasteiger partial charge is 0.340 e. The number of benzene rings is 1. The maximum atomic E-state index is 12.3. The van der Waals surface area contributed by atoms with Crippen LogP contribution in [0, 0.1) is 0 Å². The number of nitrogens with two attached hydrogens (primary N) is 1. The van der Waals surface area contributed by atoms with Crippen molar-refractivity contribution in [2.75, 3.05) is 13.1 Å². The lowest BCUT2D eigenvalue weighted by Gasteiger charge is -2.31. The first-order chi connectivity index (χ1) is 10.4. The number of carbonyl (C=O) groups excluding carboxylic acids is 1. The Bertz CT molecular complexity index is 766. The van der Waals surface area contributed by atoms with E-state index in [2.05, 4.69) is 5.10 Å². The van der Waals surface area contributed by atoms with Crippen molar-refractivity contribution in [2.24, 2.45) is 5.14 Å². The summed E-state index contributed by atoms with van der Waals surface area (Å²) >= 11 is 0. The fraction of sp³-hybridized carbons (Fsp3) is 0.429. The smallest absolute Gasteiger partial charge is 0.244 e. The molecule has 0 radical (unpaired) electrons. The maximum absolute atomic E-state index is 12.3. The minimum atomic E-state index is -3.60. The summed E-state index contributed by atoms with van der Waals surface area (Å²) in [5.41, 5.74) is 0.830. The van der Waals surface area contributed by atoms with Gasteiger partial charge in [-0.1, -0.05) is 18.2 Å². The number of hydrogen-bond acceptors (Lipinski definition) is 4. The summed E-state index contributed by atoms with van der Waals surface area (Å²) in [7, 11) is -3.60. The minimum absolute atomic E-state index is 0.103. The maximum Gasteiger partial charge on any atom is 0.244 e. The zero-order valence-corrected chi connectivity index (χ0v) is 12.9. The Morgan fingerprint density at radius 1 is 1.36 bits per heavy atom. The third-order valence-electron chi connectivity index (χ3n) is 3.95. The van der Waals surface area contributed by atoms with E-state index in [1.807, 2.05) is 30.5 Å². The van der Waals surface area contributed by atoms with Gasteiger partial charge in [0.05, 0.1) is 10.8 Å². The summed E-state index contributed by atoms with van der Waals surface area (Å²) in [6, 6.07) is 7.62. The van der Waals surface area contributed by atoms with Crippen molar-refractivity contribution in [3.05, 3.63) is 30.5 Å². The highest BCUT2D eigenvalue weighted by molar-refractivity contribution is 7.89.